The average molecular weight is 435 g/mol. The van der Waals surface area contributed by atoms with Crippen molar-refractivity contribution >= 4 is 16.9 Å². The molecule has 0 saturated carbocycles. The summed E-state index contributed by atoms with van der Waals surface area (Å²) in [5.41, 5.74) is 1.96. The van der Waals surface area contributed by atoms with Gasteiger partial charge >= 0.3 is 0 Å². The van der Waals surface area contributed by atoms with E-state index in [1.165, 1.54) is 19.5 Å². The summed E-state index contributed by atoms with van der Waals surface area (Å²) in [4.78, 5) is 15.2. The first-order valence-electron chi connectivity index (χ1n) is 12.3. The first-order valence-corrected chi connectivity index (χ1v) is 12.3. The molecule has 1 aliphatic rings. The number of aromatic nitrogens is 4. The van der Waals surface area contributed by atoms with Gasteiger partial charge in [-0.05, 0) is 50.4 Å². The SMILES string of the molecule is CCC[C@H](C)c1nc(N2CCCN(CCC(C)C)CC2)c2cnn(-c3ccccc3)c2n1. The third kappa shape index (κ3) is 5.12. The van der Waals surface area contributed by atoms with Crippen LogP contribution in [0.25, 0.3) is 16.7 Å². The van der Waals surface area contributed by atoms with Gasteiger partial charge in [0, 0.05) is 25.6 Å². The van der Waals surface area contributed by atoms with E-state index in [-0.39, 0.29) is 0 Å². The van der Waals surface area contributed by atoms with Crippen LogP contribution in [-0.2, 0) is 0 Å². The van der Waals surface area contributed by atoms with Crippen LogP contribution in [0.2, 0.25) is 0 Å². The van der Waals surface area contributed by atoms with Crippen molar-refractivity contribution in [1.29, 1.82) is 0 Å². The highest BCUT2D eigenvalue weighted by Gasteiger charge is 2.23. The first-order chi connectivity index (χ1) is 15.6. The van der Waals surface area contributed by atoms with Gasteiger partial charge in [-0.15, -0.1) is 0 Å². The largest absolute Gasteiger partial charge is 0.355 e. The maximum Gasteiger partial charge on any atom is 0.168 e. The molecule has 1 atom stereocenters. The fourth-order valence-corrected chi connectivity index (χ4v) is 4.54. The Hall–Kier alpha value is -2.47. The van der Waals surface area contributed by atoms with Crippen LogP contribution in [0.5, 0.6) is 0 Å². The van der Waals surface area contributed by atoms with Crippen molar-refractivity contribution in [3.8, 4) is 5.69 Å². The van der Waals surface area contributed by atoms with Crippen molar-refractivity contribution in [2.24, 2.45) is 5.92 Å². The van der Waals surface area contributed by atoms with Crippen molar-refractivity contribution in [3.05, 3.63) is 42.4 Å². The lowest BCUT2D eigenvalue weighted by molar-refractivity contribution is 0.275. The quantitative estimate of drug-likeness (QED) is 0.483. The van der Waals surface area contributed by atoms with Gasteiger partial charge in [0.15, 0.2) is 5.65 Å². The summed E-state index contributed by atoms with van der Waals surface area (Å²) in [5, 5.41) is 5.78. The predicted octanol–water partition coefficient (Wildman–Crippen LogP) is 5.28. The van der Waals surface area contributed by atoms with E-state index in [1.807, 2.05) is 29.1 Å². The molecule has 1 saturated heterocycles. The van der Waals surface area contributed by atoms with Crippen molar-refractivity contribution in [2.45, 2.75) is 59.3 Å². The van der Waals surface area contributed by atoms with Crippen LogP contribution in [0.4, 0.5) is 5.82 Å². The molecular formula is C26H38N6. The Bertz CT molecular complexity index is 996. The van der Waals surface area contributed by atoms with Crippen molar-refractivity contribution in [2.75, 3.05) is 37.6 Å². The number of fused-ring (bicyclic) bond motifs is 1. The van der Waals surface area contributed by atoms with Gasteiger partial charge in [-0.2, -0.15) is 5.10 Å². The summed E-state index contributed by atoms with van der Waals surface area (Å²) in [6, 6.07) is 10.3. The molecule has 172 valence electrons. The molecule has 1 aromatic carbocycles. The number of rotatable bonds is 8. The summed E-state index contributed by atoms with van der Waals surface area (Å²) in [6.07, 6.45) is 6.60. The molecule has 0 N–H and O–H groups in total. The van der Waals surface area contributed by atoms with Gasteiger partial charge in [-0.1, -0.05) is 52.3 Å². The third-order valence-corrected chi connectivity index (χ3v) is 6.50. The molecule has 6 heteroatoms. The van der Waals surface area contributed by atoms with Crippen molar-refractivity contribution in [3.63, 3.8) is 0 Å². The molecule has 1 aliphatic heterocycles. The Morgan fingerprint density at radius 3 is 2.50 bits per heavy atom. The molecule has 0 unspecified atom stereocenters. The van der Waals surface area contributed by atoms with E-state index in [4.69, 9.17) is 15.1 Å². The zero-order chi connectivity index (χ0) is 22.5. The predicted molar refractivity (Wildman–Crippen MR) is 133 cm³/mol. The van der Waals surface area contributed by atoms with Crippen molar-refractivity contribution in [1.82, 2.24) is 24.6 Å². The van der Waals surface area contributed by atoms with E-state index in [1.54, 1.807) is 0 Å². The Balaban J connectivity index is 1.69. The molecule has 4 rings (SSSR count). The number of anilines is 1. The molecule has 6 nitrogen and oxygen atoms in total. The maximum absolute atomic E-state index is 5.13. The van der Waals surface area contributed by atoms with Crippen LogP contribution in [0.1, 0.15) is 65.1 Å². The fraction of sp³-hybridized carbons (Fsp3) is 0.577. The second-order valence-corrected chi connectivity index (χ2v) is 9.59. The van der Waals surface area contributed by atoms with E-state index < -0.39 is 0 Å². The van der Waals surface area contributed by atoms with Crippen LogP contribution < -0.4 is 4.90 Å². The minimum absolute atomic E-state index is 0.330. The highest BCUT2D eigenvalue weighted by molar-refractivity contribution is 5.88. The topological polar surface area (TPSA) is 50.1 Å². The summed E-state index contributed by atoms with van der Waals surface area (Å²) in [6.45, 7) is 14.6. The summed E-state index contributed by atoms with van der Waals surface area (Å²) in [7, 11) is 0. The average Bonchev–Trinajstić information content (AvgIpc) is 3.08. The van der Waals surface area contributed by atoms with Gasteiger partial charge in [0.05, 0.1) is 17.3 Å². The van der Waals surface area contributed by atoms with Crippen LogP contribution in [0, 0.1) is 5.92 Å². The van der Waals surface area contributed by atoms with Crippen LogP contribution in [-0.4, -0.2) is 57.4 Å². The molecule has 3 heterocycles. The maximum atomic E-state index is 5.13. The molecule has 3 aromatic rings. The van der Waals surface area contributed by atoms with E-state index in [0.717, 1.165) is 73.2 Å². The number of hydrogen-bond acceptors (Lipinski definition) is 5. The first kappa shape index (κ1) is 22.7. The summed E-state index contributed by atoms with van der Waals surface area (Å²) in [5.74, 6) is 3.08. The zero-order valence-corrected chi connectivity index (χ0v) is 20.2. The number of para-hydroxylation sites is 1. The third-order valence-electron chi connectivity index (χ3n) is 6.50. The van der Waals surface area contributed by atoms with Gasteiger partial charge in [-0.25, -0.2) is 14.6 Å². The zero-order valence-electron chi connectivity index (χ0n) is 20.2. The van der Waals surface area contributed by atoms with Gasteiger partial charge in [-0.3, -0.25) is 0 Å². The molecule has 0 spiro atoms. The molecule has 0 amide bonds. The second-order valence-electron chi connectivity index (χ2n) is 9.59. The van der Waals surface area contributed by atoms with E-state index in [9.17, 15) is 0 Å². The smallest absolute Gasteiger partial charge is 0.168 e. The normalized spacial score (nSPS) is 16.6. The number of benzene rings is 1. The van der Waals surface area contributed by atoms with Crippen molar-refractivity contribution < 1.29 is 0 Å². The molecular weight excluding hydrogens is 396 g/mol. The summed E-state index contributed by atoms with van der Waals surface area (Å²) >= 11 is 0. The van der Waals surface area contributed by atoms with E-state index in [0.29, 0.717) is 5.92 Å². The summed E-state index contributed by atoms with van der Waals surface area (Å²) < 4.78 is 1.97. The molecule has 0 aliphatic carbocycles. The van der Waals surface area contributed by atoms with Gasteiger partial charge in [0.2, 0.25) is 0 Å². The second kappa shape index (κ2) is 10.4. The van der Waals surface area contributed by atoms with Crippen LogP contribution >= 0.6 is 0 Å². The highest BCUT2D eigenvalue weighted by Crippen LogP contribution is 2.29. The molecule has 2 aromatic heterocycles. The molecule has 0 radical (unpaired) electrons. The standard InChI is InChI=1S/C26H38N6/c1-5-10-21(4)24-28-25(31-15-9-14-30(17-18-31)16-13-20(2)3)23-19-27-32(26(23)29-24)22-11-7-6-8-12-22/h6-8,11-12,19-21H,5,9-10,13-18H2,1-4H3/t21-/m0/s1. The number of hydrogen-bond donors (Lipinski definition) is 0. The lowest BCUT2D eigenvalue weighted by Crippen LogP contribution is -2.32. The van der Waals surface area contributed by atoms with Gasteiger partial charge < -0.3 is 9.80 Å². The minimum atomic E-state index is 0.330. The highest BCUT2D eigenvalue weighted by atomic mass is 15.3. The monoisotopic (exact) mass is 434 g/mol. The Morgan fingerprint density at radius 1 is 0.938 bits per heavy atom. The molecule has 32 heavy (non-hydrogen) atoms. The molecule has 0 bridgehead atoms. The van der Waals surface area contributed by atoms with E-state index >= 15 is 0 Å². The van der Waals surface area contributed by atoms with E-state index in [2.05, 4.69) is 49.6 Å². The van der Waals surface area contributed by atoms with Crippen LogP contribution in [0.3, 0.4) is 0 Å². The number of nitrogens with zero attached hydrogens (tertiary/aromatic N) is 6. The lowest BCUT2D eigenvalue weighted by Gasteiger charge is -2.24. The van der Waals surface area contributed by atoms with Gasteiger partial charge in [0.1, 0.15) is 11.6 Å². The minimum Gasteiger partial charge on any atom is -0.355 e. The Kier molecular flexibility index (Phi) is 7.40. The molecule has 1 fully saturated rings. The van der Waals surface area contributed by atoms with Gasteiger partial charge in [0.25, 0.3) is 0 Å². The Morgan fingerprint density at radius 2 is 1.75 bits per heavy atom. The van der Waals surface area contributed by atoms with Crippen LogP contribution in [0.15, 0.2) is 36.5 Å². The fourth-order valence-electron chi connectivity index (χ4n) is 4.54. The lowest BCUT2D eigenvalue weighted by atomic mass is 10.1. The Labute approximate surface area is 192 Å².